The van der Waals surface area contributed by atoms with Crippen molar-refractivity contribution >= 4 is 5.97 Å². The molecular weight excluding hydrogens is 302 g/mol. The normalized spacial score (nSPS) is 20.7. The largest absolute Gasteiger partial charge is 0.466 e. The molecule has 0 amide bonds. The second kappa shape index (κ2) is 11.2. The molecule has 1 aromatic carbocycles. The number of benzene rings is 1. The topological polar surface area (TPSA) is 47.6 Å². The van der Waals surface area contributed by atoms with Crippen LogP contribution in [0.3, 0.4) is 0 Å². The van der Waals surface area contributed by atoms with Crippen molar-refractivity contribution in [2.45, 2.75) is 51.6 Å². The van der Waals surface area contributed by atoms with Crippen molar-refractivity contribution in [3.63, 3.8) is 0 Å². The minimum absolute atomic E-state index is 0.111. The monoisotopic (exact) mass is 333 g/mol. The number of esters is 1. The van der Waals surface area contributed by atoms with Crippen LogP contribution in [0, 0.1) is 5.92 Å². The third-order valence-corrected chi connectivity index (χ3v) is 4.63. The summed E-state index contributed by atoms with van der Waals surface area (Å²) in [6.45, 7) is 4.83. The third-order valence-electron chi connectivity index (χ3n) is 4.63. The van der Waals surface area contributed by atoms with Gasteiger partial charge in [0, 0.05) is 6.54 Å². The van der Waals surface area contributed by atoms with Crippen molar-refractivity contribution in [3.8, 4) is 0 Å². The first-order valence-electron chi connectivity index (χ1n) is 9.29. The fourth-order valence-electron chi connectivity index (χ4n) is 3.22. The van der Waals surface area contributed by atoms with Gasteiger partial charge < -0.3 is 14.8 Å². The van der Waals surface area contributed by atoms with E-state index in [4.69, 9.17) is 9.47 Å². The first kappa shape index (κ1) is 18.9. The van der Waals surface area contributed by atoms with E-state index in [0.717, 1.165) is 32.4 Å². The highest BCUT2D eigenvalue weighted by Gasteiger charge is 2.21. The van der Waals surface area contributed by atoms with E-state index in [9.17, 15) is 4.79 Å². The Morgan fingerprint density at radius 3 is 2.62 bits per heavy atom. The molecule has 134 valence electrons. The zero-order chi connectivity index (χ0) is 17.0. The lowest BCUT2D eigenvalue weighted by molar-refractivity contribution is -0.142. The highest BCUT2D eigenvalue weighted by Crippen LogP contribution is 2.25. The summed E-state index contributed by atoms with van der Waals surface area (Å²) < 4.78 is 11.0. The molecule has 2 rings (SSSR count). The van der Waals surface area contributed by atoms with Gasteiger partial charge in [-0.2, -0.15) is 0 Å². The molecule has 24 heavy (non-hydrogen) atoms. The van der Waals surface area contributed by atoms with E-state index in [1.165, 1.54) is 18.4 Å². The second-order valence-corrected chi connectivity index (χ2v) is 6.51. The van der Waals surface area contributed by atoms with E-state index in [1.807, 2.05) is 13.0 Å². The Bertz CT molecular complexity index is 455. The van der Waals surface area contributed by atoms with Crippen LogP contribution >= 0.6 is 0 Å². The number of hydrogen-bond donors (Lipinski definition) is 1. The van der Waals surface area contributed by atoms with Crippen LogP contribution in [0.15, 0.2) is 30.3 Å². The number of nitrogens with one attached hydrogen (secondary N) is 1. The Balaban J connectivity index is 1.49. The lowest BCUT2D eigenvalue weighted by Gasteiger charge is -2.28. The van der Waals surface area contributed by atoms with Gasteiger partial charge in [0.05, 0.1) is 25.7 Å². The van der Waals surface area contributed by atoms with Crippen molar-refractivity contribution in [3.05, 3.63) is 35.9 Å². The van der Waals surface area contributed by atoms with Crippen LogP contribution < -0.4 is 5.32 Å². The van der Waals surface area contributed by atoms with E-state index >= 15 is 0 Å². The van der Waals surface area contributed by atoms with E-state index < -0.39 is 0 Å². The molecule has 0 bridgehead atoms. The van der Waals surface area contributed by atoms with Crippen molar-refractivity contribution in [1.29, 1.82) is 0 Å². The van der Waals surface area contributed by atoms with Crippen molar-refractivity contribution in [2.24, 2.45) is 5.92 Å². The Kier molecular flexibility index (Phi) is 8.85. The molecule has 0 saturated heterocycles. The summed E-state index contributed by atoms with van der Waals surface area (Å²) in [6, 6.07) is 10.5. The van der Waals surface area contributed by atoms with Gasteiger partial charge in [-0.1, -0.05) is 30.3 Å². The molecule has 1 N–H and O–H groups in total. The molecule has 1 aliphatic rings. The Morgan fingerprint density at radius 1 is 1.17 bits per heavy atom. The van der Waals surface area contributed by atoms with Crippen LogP contribution in [-0.2, 0) is 20.7 Å². The molecule has 4 nitrogen and oxygen atoms in total. The Morgan fingerprint density at radius 2 is 1.92 bits per heavy atom. The predicted octanol–water partition coefficient (Wildman–Crippen LogP) is 3.35. The minimum atomic E-state index is -0.111. The number of rotatable bonds is 10. The molecule has 0 atom stereocenters. The van der Waals surface area contributed by atoms with Gasteiger partial charge in [0.25, 0.3) is 0 Å². The van der Waals surface area contributed by atoms with E-state index in [1.54, 1.807) is 0 Å². The van der Waals surface area contributed by atoms with E-state index in [2.05, 4.69) is 29.6 Å². The highest BCUT2D eigenvalue weighted by atomic mass is 16.5. The van der Waals surface area contributed by atoms with Crippen LogP contribution in [0.2, 0.25) is 0 Å². The predicted molar refractivity (Wildman–Crippen MR) is 96.0 cm³/mol. The lowest BCUT2D eigenvalue weighted by atomic mass is 9.87. The van der Waals surface area contributed by atoms with Gasteiger partial charge in [-0.15, -0.1) is 0 Å². The fraction of sp³-hybridized carbons (Fsp3) is 0.650. The van der Waals surface area contributed by atoms with E-state index in [-0.39, 0.29) is 5.97 Å². The van der Waals surface area contributed by atoms with Crippen LogP contribution in [-0.4, -0.2) is 38.4 Å². The van der Waals surface area contributed by atoms with Gasteiger partial charge in [0.1, 0.15) is 0 Å². The molecule has 0 aliphatic heterocycles. The zero-order valence-corrected chi connectivity index (χ0v) is 14.8. The maximum atomic E-state index is 11.3. The summed E-state index contributed by atoms with van der Waals surface area (Å²) in [5.74, 6) is 0.599. The number of carbonyl (C=O) groups is 1. The second-order valence-electron chi connectivity index (χ2n) is 6.51. The molecule has 0 unspecified atom stereocenters. The Labute approximate surface area is 145 Å². The molecule has 0 spiro atoms. The lowest BCUT2D eigenvalue weighted by Crippen LogP contribution is -2.30. The van der Waals surface area contributed by atoms with Crippen molar-refractivity contribution < 1.29 is 14.3 Å². The SMILES string of the molecule is CCOC(=O)CCNCC1CCC(OCCc2ccccc2)CC1. The van der Waals surface area contributed by atoms with Crippen molar-refractivity contribution in [2.75, 3.05) is 26.3 Å². The first-order valence-corrected chi connectivity index (χ1v) is 9.29. The summed E-state index contributed by atoms with van der Waals surface area (Å²) in [4.78, 5) is 11.3. The van der Waals surface area contributed by atoms with Gasteiger partial charge in [0.15, 0.2) is 0 Å². The van der Waals surface area contributed by atoms with Crippen LogP contribution in [0.25, 0.3) is 0 Å². The summed E-state index contributed by atoms with van der Waals surface area (Å²) in [7, 11) is 0. The molecule has 0 aromatic heterocycles. The van der Waals surface area contributed by atoms with Crippen molar-refractivity contribution in [1.82, 2.24) is 5.32 Å². The van der Waals surface area contributed by atoms with Crippen LogP contribution in [0.4, 0.5) is 0 Å². The molecule has 0 heterocycles. The maximum absolute atomic E-state index is 11.3. The van der Waals surface area contributed by atoms with Gasteiger partial charge in [-0.05, 0) is 57.1 Å². The van der Waals surface area contributed by atoms with Gasteiger partial charge in [0.2, 0.25) is 0 Å². The average Bonchev–Trinajstić information content (AvgIpc) is 2.61. The number of carbonyl (C=O) groups excluding carboxylic acids is 1. The maximum Gasteiger partial charge on any atom is 0.307 e. The number of hydrogen-bond acceptors (Lipinski definition) is 4. The molecule has 1 aromatic rings. The zero-order valence-electron chi connectivity index (χ0n) is 14.8. The molecule has 1 aliphatic carbocycles. The number of ether oxygens (including phenoxy) is 2. The molecule has 4 heteroatoms. The average molecular weight is 333 g/mol. The standard InChI is InChI=1S/C20H31NO3/c1-2-23-20(22)12-14-21-16-18-8-10-19(11-9-18)24-15-13-17-6-4-3-5-7-17/h3-7,18-19,21H,2,8-16H2,1H3. The minimum Gasteiger partial charge on any atom is -0.466 e. The quantitative estimate of drug-likeness (QED) is 0.527. The summed E-state index contributed by atoms with van der Waals surface area (Å²) in [5, 5.41) is 3.38. The molecule has 1 saturated carbocycles. The van der Waals surface area contributed by atoms with E-state index in [0.29, 0.717) is 31.6 Å². The molecule has 1 fully saturated rings. The highest BCUT2D eigenvalue weighted by molar-refractivity contribution is 5.69. The Hall–Kier alpha value is -1.39. The molecular formula is C20H31NO3. The smallest absolute Gasteiger partial charge is 0.307 e. The van der Waals surface area contributed by atoms with Crippen LogP contribution in [0.1, 0.15) is 44.6 Å². The first-order chi connectivity index (χ1) is 11.8. The van der Waals surface area contributed by atoms with Gasteiger partial charge >= 0.3 is 5.97 Å². The fourth-order valence-corrected chi connectivity index (χ4v) is 3.22. The molecule has 0 radical (unpaired) electrons. The summed E-state index contributed by atoms with van der Waals surface area (Å²) >= 11 is 0. The van der Waals surface area contributed by atoms with Gasteiger partial charge in [-0.3, -0.25) is 4.79 Å². The summed E-state index contributed by atoms with van der Waals surface area (Å²) in [5.41, 5.74) is 1.34. The van der Waals surface area contributed by atoms with Gasteiger partial charge in [-0.25, -0.2) is 0 Å². The summed E-state index contributed by atoms with van der Waals surface area (Å²) in [6.07, 6.45) is 6.61. The van der Waals surface area contributed by atoms with Crippen LogP contribution in [0.5, 0.6) is 0 Å². The third kappa shape index (κ3) is 7.45.